The molecule has 6 heteroatoms. The number of sulfone groups is 1. The Balaban J connectivity index is 2.14. The lowest BCUT2D eigenvalue weighted by molar-refractivity contribution is 0.0643. The second-order valence-electron chi connectivity index (χ2n) is 8.75. The SMILES string of the molecule is CC(C)N(C(=O)c1cccc(CC(=O)c2ccc(CS(=O)(=O)C(C)C)cc2)c1)C(C)C. The molecule has 0 bridgehead atoms. The maximum Gasteiger partial charge on any atom is 0.254 e. The van der Waals surface area contributed by atoms with Gasteiger partial charge in [-0.1, -0.05) is 36.4 Å². The van der Waals surface area contributed by atoms with Crippen LogP contribution in [0.15, 0.2) is 48.5 Å². The summed E-state index contributed by atoms with van der Waals surface area (Å²) in [4.78, 5) is 27.5. The average molecular weight is 444 g/mol. The molecule has 168 valence electrons. The van der Waals surface area contributed by atoms with Gasteiger partial charge in [-0.25, -0.2) is 8.42 Å². The van der Waals surface area contributed by atoms with Crippen LogP contribution < -0.4 is 0 Å². The number of rotatable bonds is 9. The molecule has 0 aliphatic rings. The number of Topliss-reactive ketones (excluding diaryl/α,β-unsaturated/α-hetero) is 1. The highest BCUT2D eigenvalue weighted by atomic mass is 32.2. The second-order valence-corrected chi connectivity index (χ2v) is 11.3. The summed E-state index contributed by atoms with van der Waals surface area (Å²) in [7, 11) is -3.19. The van der Waals surface area contributed by atoms with Gasteiger partial charge in [0, 0.05) is 29.6 Å². The van der Waals surface area contributed by atoms with E-state index in [1.165, 1.54) is 0 Å². The molecule has 2 aromatic rings. The van der Waals surface area contributed by atoms with E-state index in [1.807, 2.05) is 38.7 Å². The first kappa shape index (κ1) is 24.8. The number of amides is 1. The summed E-state index contributed by atoms with van der Waals surface area (Å²) in [5.74, 6) is -0.159. The van der Waals surface area contributed by atoms with Gasteiger partial charge in [-0.15, -0.1) is 0 Å². The van der Waals surface area contributed by atoms with Crippen molar-refractivity contribution >= 4 is 21.5 Å². The second kappa shape index (κ2) is 10.2. The molecule has 2 rings (SSSR count). The zero-order valence-corrected chi connectivity index (χ0v) is 20.1. The molecule has 0 aromatic heterocycles. The Labute approximate surface area is 186 Å². The van der Waals surface area contributed by atoms with E-state index >= 15 is 0 Å². The van der Waals surface area contributed by atoms with Crippen molar-refractivity contribution in [2.24, 2.45) is 0 Å². The molecule has 0 spiro atoms. The highest BCUT2D eigenvalue weighted by molar-refractivity contribution is 7.91. The van der Waals surface area contributed by atoms with Gasteiger partial charge in [-0.05, 0) is 64.8 Å². The van der Waals surface area contributed by atoms with Crippen LogP contribution in [-0.2, 0) is 22.0 Å². The van der Waals surface area contributed by atoms with E-state index in [0.717, 1.165) is 5.56 Å². The van der Waals surface area contributed by atoms with Gasteiger partial charge in [0.05, 0.1) is 11.0 Å². The van der Waals surface area contributed by atoms with Crippen LogP contribution in [-0.4, -0.2) is 42.3 Å². The minimum atomic E-state index is -3.19. The molecule has 0 aliphatic carbocycles. The Morgan fingerprint density at radius 1 is 0.806 bits per heavy atom. The third-order valence-electron chi connectivity index (χ3n) is 5.25. The van der Waals surface area contributed by atoms with Gasteiger partial charge in [-0.3, -0.25) is 9.59 Å². The third kappa shape index (κ3) is 6.50. The molecule has 0 fully saturated rings. The van der Waals surface area contributed by atoms with E-state index < -0.39 is 15.1 Å². The number of carbonyl (C=O) groups excluding carboxylic acids is 2. The predicted octanol–water partition coefficient (Wildman–Crippen LogP) is 4.69. The van der Waals surface area contributed by atoms with Gasteiger partial charge in [-0.2, -0.15) is 0 Å². The molecule has 1 amide bonds. The number of nitrogens with zero attached hydrogens (tertiary/aromatic N) is 1. The van der Waals surface area contributed by atoms with Gasteiger partial charge in [0.1, 0.15) is 0 Å². The molecule has 0 N–H and O–H groups in total. The van der Waals surface area contributed by atoms with Crippen LogP contribution in [0.4, 0.5) is 0 Å². The molecule has 5 nitrogen and oxygen atoms in total. The summed E-state index contributed by atoms with van der Waals surface area (Å²) in [5, 5.41) is -0.439. The zero-order chi connectivity index (χ0) is 23.3. The minimum Gasteiger partial charge on any atom is -0.334 e. The first-order valence-corrected chi connectivity index (χ1v) is 12.4. The Kier molecular flexibility index (Phi) is 8.18. The van der Waals surface area contributed by atoms with Crippen LogP contribution in [0.25, 0.3) is 0 Å². The van der Waals surface area contributed by atoms with Crippen molar-refractivity contribution in [2.75, 3.05) is 0 Å². The van der Waals surface area contributed by atoms with Crippen molar-refractivity contribution < 1.29 is 18.0 Å². The van der Waals surface area contributed by atoms with Crippen molar-refractivity contribution in [2.45, 2.75) is 71.0 Å². The summed E-state index contributed by atoms with van der Waals surface area (Å²) >= 11 is 0. The molecule has 31 heavy (non-hydrogen) atoms. The monoisotopic (exact) mass is 443 g/mol. The van der Waals surface area contributed by atoms with Crippen LogP contribution in [0.2, 0.25) is 0 Å². The molecule has 0 unspecified atom stereocenters. The largest absolute Gasteiger partial charge is 0.334 e. The van der Waals surface area contributed by atoms with Crippen LogP contribution in [0, 0.1) is 0 Å². The maximum absolute atomic E-state index is 12.9. The Morgan fingerprint density at radius 3 is 1.90 bits per heavy atom. The van der Waals surface area contributed by atoms with E-state index in [0.29, 0.717) is 16.7 Å². The smallest absolute Gasteiger partial charge is 0.254 e. The zero-order valence-electron chi connectivity index (χ0n) is 19.3. The Hall–Kier alpha value is -2.47. The Morgan fingerprint density at radius 2 is 1.39 bits per heavy atom. The van der Waals surface area contributed by atoms with E-state index in [2.05, 4.69) is 0 Å². The van der Waals surface area contributed by atoms with Crippen molar-refractivity contribution in [1.82, 2.24) is 4.90 Å². The number of carbonyl (C=O) groups is 2. The van der Waals surface area contributed by atoms with E-state index in [-0.39, 0.29) is 35.9 Å². The molecule has 0 aliphatic heterocycles. The van der Waals surface area contributed by atoms with E-state index in [9.17, 15) is 18.0 Å². The maximum atomic E-state index is 12.9. The molecular weight excluding hydrogens is 410 g/mol. The van der Waals surface area contributed by atoms with Crippen molar-refractivity contribution in [1.29, 1.82) is 0 Å². The minimum absolute atomic E-state index is 0.0362. The van der Waals surface area contributed by atoms with Crippen LogP contribution in [0.5, 0.6) is 0 Å². The standard InChI is InChI=1S/C25H33NO4S/c1-17(2)26(18(3)4)25(28)23-9-7-8-21(14-23)15-24(27)22-12-10-20(11-13-22)16-31(29,30)19(5)6/h7-14,17-19H,15-16H2,1-6H3. The van der Waals surface area contributed by atoms with Crippen LogP contribution >= 0.6 is 0 Å². The fourth-order valence-corrected chi connectivity index (χ4v) is 4.49. The van der Waals surface area contributed by atoms with Crippen molar-refractivity contribution in [3.05, 3.63) is 70.8 Å². The normalized spacial score (nSPS) is 11.9. The summed E-state index contributed by atoms with van der Waals surface area (Å²) in [6.07, 6.45) is 0.175. The number of hydrogen-bond donors (Lipinski definition) is 0. The van der Waals surface area contributed by atoms with Crippen molar-refractivity contribution in [3.63, 3.8) is 0 Å². The number of benzene rings is 2. The lowest BCUT2D eigenvalue weighted by Gasteiger charge is -2.31. The predicted molar refractivity (Wildman–Crippen MR) is 125 cm³/mol. The molecule has 0 radical (unpaired) electrons. The summed E-state index contributed by atoms with van der Waals surface area (Å²) in [6, 6.07) is 14.1. The highest BCUT2D eigenvalue weighted by Gasteiger charge is 2.22. The highest BCUT2D eigenvalue weighted by Crippen LogP contribution is 2.17. The molecular formula is C25H33NO4S. The van der Waals surface area contributed by atoms with Crippen LogP contribution in [0.3, 0.4) is 0 Å². The summed E-state index contributed by atoms with van der Waals surface area (Å²) < 4.78 is 24.2. The Bertz CT molecular complexity index is 1010. The molecule has 2 aromatic carbocycles. The summed E-state index contributed by atoms with van der Waals surface area (Å²) in [5.41, 5.74) is 2.53. The molecule has 0 heterocycles. The fourth-order valence-electron chi connectivity index (χ4n) is 3.50. The topological polar surface area (TPSA) is 71.5 Å². The van der Waals surface area contributed by atoms with Crippen LogP contribution in [0.1, 0.15) is 73.4 Å². The van der Waals surface area contributed by atoms with Gasteiger partial charge in [0.2, 0.25) is 0 Å². The van der Waals surface area contributed by atoms with E-state index in [1.54, 1.807) is 56.3 Å². The third-order valence-corrected chi connectivity index (χ3v) is 7.42. The first-order valence-electron chi connectivity index (χ1n) is 10.7. The molecule has 0 atom stereocenters. The van der Waals surface area contributed by atoms with Crippen molar-refractivity contribution in [3.8, 4) is 0 Å². The van der Waals surface area contributed by atoms with E-state index in [4.69, 9.17) is 0 Å². The van der Waals surface area contributed by atoms with Gasteiger partial charge < -0.3 is 4.90 Å². The fraction of sp³-hybridized carbons (Fsp3) is 0.440. The lowest BCUT2D eigenvalue weighted by Crippen LogP contribution is -2.42. The summed E-state index contributed by atoms with van der Waals surface area (Å²) in [6.45, 7) is 11.3. The number of ketones is 1. The van der Waals surface area contributed by atoms with Gasteiger partial charge in [0.15, 0.2) is 15.6 Å². The molecule has 0 saturated heterocycles. The molecule has 0 saturated carbocycles. The number of hydrogen-bond acceptors (Lipinski definition) is 4. The average Bonchev–Trinajstić information content (AvgIpc) is 2.67. The van der Waals surface area contributed by atoms with Gasteiger partial charge >= 0.3 is 0 Å². The van der Waals surface area contributed by atoms with Gasteiger partial charge in [0.25, 0.3) is 5.91 Å². The lowest BCUT2D eigenvalue weighted by atomic mass is 10.00. The quantitative estimate of drug-likeness (QED) is 0.527. The first-order chi connectivity index (χ1) is 14.4.